The molecule has 3 aliphatic rings. The van der Waals surface area contributed by atoms with Crippen LogP contribution in [0.15, 0.2) is 28.7 Å². The predicted molar refractivity (Wildman–Crippen MR) is 96.7 cm³/mol. The summed E-state index contributed by atoms with van der Waals surface area (Å²) in [5.74, 6) is 0.691. The van der Waals surface area contributed by atoms with E-state index in [9.17, 15) is 14.4 Å². The van der Waals surface area contributed by atoms with Gasteiger partial charge in [0, 0.05) is 23.9 Å². The van der Waals surface area contributed by atoms with Crippen LogP contribution >= 0.6 is 0 Å². The standard InChI is InChI=1S/C20H21N3O4/c24-17(7-9-20(12-5-6-12)18(25)21-19(26)22-20)23-10-8-14-13-3-1-2-4-15(13)27-16(14)11-23/h1-4,12H,5-11H2,(H2,21,22,25,26)/t20-/m0/s1. The lowest BCUT2D eigenvalue weighted by Gasteiger charge is -2.29. The van der Waals surface area contributed by atoms with Gasteiger partial charge < -0.3 is 14.6 Å². The van der Waals surface area contributed by atoms with Crippen molar-refractivity contribution in [1.29, 1.82) is 0 Å². The molecule has 27 heavy (non-hydrogen) atoms. The number of nitrogens with one attached hydrogen (secondary N) is 2. The summed E-state index contributed by atoms with van der Waals surface area (Å²) >= 11 is 0. The van der Waals surface area contributed by atoms with Crippen molar-refractivity contribution in [2.24, 2.45) is 5.92 Å². The molecular formula is C20H21N3O4. The van der Waals surface area contributed by atoms with Gasteiger partial charge in [-0.25, -0.2) is 4.79 Å². The number of furan rings is 1. The number of imide groups is 1. The molecule has 0 radical (unpaired) electrons. The zero-order valence-electron chi connectivity index (χ0n) is 14.9. The summed E-state index contributed by atoms with van der Waals surface area (Å²) in [7, 11) is 0. The van der Waals surface area contributed by atoms with Gasteiger partial charge >= 0.3 is 6.03 Å². The Morgan fingerprint density at radius 2 is 2.07 bits per heavy atom. The third-order valence-corrected chi connectivity index (χ3v) is 6.08. The molecule has 0 unspecified atom stereocenters. The van der Waals surface area contributed by atoms with Crippen molar-refractivity contribution in [3.05, 3.63) is 35.6 Å². The van der Waals surface area contributed by atoms with Crippen LogP contribution < -0.4 is 10.6 Å². The van der Waals surface area contributed by atoms with E-state index in [2.05, 4.69) is 16.7 Å². The molecule has 1 aromatic carbocycles. The maximum absolute atomic E-state index is 12.8. The lowest BCUT2D eigenvalue weighted by atomic mass is 9.87. The number of rotatable bonds is 4. The molecule has 2 fully saturated rings. The van der Waals surface area contributed by atoms with Crippen LogP contribution in [0.25, 0.3) is 11.0 Å². The van der Waals surface area contributed by atoms with Gasteiger partial charge in [-0.15, -0.1) is 0 Å². The first-order valence-electron chi connectivity index (χ1n) is 9.47. The fraction of sp³-hybridized carbons (Fsp3) is 0.450. The Bertz CT molecular complexity index is 961. The molecule has 2 aliphatic heterocycles. The summed E-state index contributed by atoms with van der Waals surface area (Å²) in [5, 5.41) is 6.24. The molecule has 7 nitrogen and oxygen atoms in total. The SMILES string of the molecule is O=C1NC(=O)[C@](CCC(=O)N2CCc3c(oc4ccccc34)C2)(C2CC2)N1. The van der Waals surface area contributed by atoms with E-state index >= 15 is 0 Å². The van der Waals surface area contributed by atoms with Crippen molar-refractivity contribution in [3.8, 4) is 0 Å². The Hall–Kier alpha value is -2.83. The maximum Gasteiger partial charge on any atom is 0.322 e. The van der Waals surface area contributed by atoms with Crippen LogP contribution in [-0.4, -0.2) is 34.8 Å². The molecule has 2 aromatic rings. The minimum atomic E-state index is -0.910. The summed E-state index contributed by atoms with van der Waals surface area (Å²) in [6.45, 7) is 1.10. The van der Waals surface area contributed by atoms with Crippen molar-refractivity contribution < 1.29 is 18.8 Å². The van der Waals surface area contributed by atoms with E-state index in [4.69, 9.17) is 4.42 Å². The van der Waals surface area contributed by atoms with Crippen molar-refractivity contribution in [3.63, 3.8) is 0 Å². The van der Waals surface area contributed by atoms with Gasteiger partial charge in [0.2, 0.25) is 5.91 Å². The molecule has 1 aliphatic carbocycles. The van der Waals surface area contributed by atoms with E-state index in [0.717, 1.165) is 36.0 Å². The van der Waals surface area contributed by atoms with Gasteiger partial charge in [-0.05, 0) is 37.7 Å². The minimum Gasteiger partial charge on any atom is -0.459 e. The monoisotopic (exact) mass is 367 g/mol. The first kappa shape index (κ1) is 16.4. The average molecular weight is 367 g/mol. The Morgan fingerprint density at radius 1 is 1.26 bits per heavy atom. The van der Waals surface area contributed by atoms with E-state index in [1.165, 1.54) is 5.56 Å². The number of nitrogens with zero attached hydrogens (tertiary/aromatic N) is 1. The molecule has 140 valence electrons. The lowest BCUT2D eigenvalue weighted by molar-refractivity contribution is -0.133. The number of carbonyl (C=O) groups is 3. The Morgan fingerprint density at radius 3 is 2.81 bits per heavy atom. The number of fused-ring (bicyclic) bond motifs is 3. The second-order valence-electron chi connectivity index (χ2n) is 7.72. The fourth-order valence-electron chi connectivity index (χ4n) is 4.47. The van der Waals surface area contributed by atoms with Gasteiger partial charge in [-0.3, -0.25) is 14.9 Å². The van der Waals surface area contributed by atoms with E-state index in [-0.39, 0.29) is 24.2 Å². The van der Waals surface area contributed by atoms with Gasteiger partial charge in [-0.1, -0.05) is 18.2 Å². The van der Waals surface area contributed by atoms with Crippen molar-refractivity contribution >= 4 is 28.8 Å². The van der Waals surface area contributed by atoms with Crippen LogP contribution in [0.5, 0.6) is 0 Å². The molecule has 0 spiro atoms. The van der Waals surface area contributed by atoms with E-state index in [1.807, 2.05) is 18.2 Å². The van der Waals surface area contributed by atoms with E-state index < -0.39 is 11.6 Å². The number of amides is 4. The average Bonchev–Trinajstić information content (AvgIpc) is 3.39. The summed E-state index contributed by atoms with van der Waals surface area (Å²) in [6, 6.07) is 7.48. The Balaban J connectivity index is 1.29. The van der Waals surface area contributed by atoms with Gasteiger partial charge in [0.15, 0.2) is 0 Å². The number of urea groups is 1. The van der Waals surface area contributed by atoms with Gasteiger partial charge in [-0.2, -0.15) is 0 Å². The second kappa shape index (κ2) is 5.84. The number of benzene rings is 1. The van der Waals surface area contributed by atoms with Gasteiger partial charge in [0.05, 0.1) is 6.54 Å². The molecule has 7 heteroatoms. The number of hydrogen-bond acceptors (Lipinski definition) is 4. The number of hydrogen-bond donors (Lipinski definition) is 2. The quantitative estimate of drug-likeness (QED) is 0.810. The number of para-hydroxylation sites is 1. The van der Waals surface area contributed by atoms with Gasteiger partial charge in [0.25, 0.3) is 5.91 Å². The summed E-state index contributed by atoms with van der Waals surface area (Å²) in [6.07, 6.45) is 3.17. The third-order valence-electron chi connectivity index (χ3n) is 6.08. The van der Waals surface area contributed by atoms with Gasteiger partial charge in [0.1, 0.15) is 16.9 Å². The molecule has 0 bridgehead atoms. The third kappa shape index (κ3) is 2.60. The fourth-order valence-corrected chi connectivity index (χ4v) is 4.47. The second-order valence-corrected chi connectivity index (χ2v) is 7.72. The Kier molecular flexibility index (Phi) is 3.54. The smallest absolute Gasteiger partial charge is 0.322 e. The molecule has 3 heterocycles. The van der Waals surface area contributed by atoms with Crippen LogP contribution in [0, 0.1) is 5.92 Å². The molecule has 5 rings (SSSR count). The molecule has 1 saturated heterocycles. The summed E-state index contributed by atoms with van der Waals surface area (Å²) < 4.78 is 5.93. The van der Waals surface area contributed by atoms with E-state index in [1.54, 1.807) is 4.90 Å². The van der Waals surface area contributed by atoms with Crippen LogP contribution in [0.2, 0.25) is 0 Å². The largest absolute Gasteiger partial charge is 0.459 e. The molecule has 1 saturated carbocycles. The molecule has 1 aromatic heterocycles. The van der Waals surface area contributed by atoms with Crippen molar-refractivity contribution in [2.45, 2.75) is 44.2 Å². The summed E-state index contributed by atoms with van der Waals surface area (Å²) in [5.41, 5.74) is 1.13. The molecule has 4 amide bonds. The van der Waals surface area contributed by atoms with Crippen LogP contribution in [-0.2, 0) is 22.6 Å². The number of carbonyl (C=O) groups excluding carboxylic acids is 3. The van der Waals surface area contributed by atoms with Crippen LogP contribution in [0.1, 0.15) is 37.0 Å². The highest BCUT2D eigenvalue weighted by atomic mass is 16.3. The van der Waals surface area contributed by atoms with Crippen LogP contribution in [0.3, 0.4) is 0 Å². The molecule has 2 N–H and O–H groups in total. The molecule has 1 atom stereocenters. The minimum absolute atomic E-state index is 0.00456. The molecular weight excluding hydrogens is 346 g/mol. The lowest BCUT2D eigenvalue weighted by Crippen LogP contribution is -2.50. The maximum atomic E-state index is 12.8. The zero-order valence-corrected chi connectivity index (χ0v) is 14.9. The highest BCUT2D eigenvalue weighted by molar-refractivity contribution is 6.07. The highest BCUT2D eigenvalue weighted by Crippen LogP contribution is 2.44. The first-order chi connectivity index (χ1) is 13.1. The first-order valence-corrected chi connectivity index (χ1v) is 9.47. The predicted octanol–water partition coefficient (Wildman–Crippen LogP) is 2.09. The van der Waals surface area contributed by atoms with E-state index in [0.29, 0.717) is 19.5 Å². The Labute approximate surface area is 156 Å². The topological polar surface area (TPSA) is 91.7 Å². The summed E-state index contributed by atoms with van der Waals surface area (Å²) in [4.78, 5) is 38.5. The van der Waals surface area contributed by atoms with Crippen LogP contribution in [0.4, 0.5) is 4.79 Å². The van der Waals surface area contributed by atoms with Crippen molar-refractivity contribution in [2.75, 3.05) is 6.54 Å². The van der Waals surface area contributed by atoms with Crippen molar-refractivity contribution in [1.82, 2.24) is 15.5 Å². The zero-order chi connectivity index (χ0) is 18.6. The highest BCUT2D eigenvalue weighted by Gasteiger charge is 2.55. The normalized spacial score (nSPS) is 24.7.